The van der Waals surface area contributed by atoms with Crippen LogP contribution in [-0.2, 0) is 16.1 Å². The Morgan fingerprint density at radius 1 is 1.21 bits per heavy atom. The highest BCUT2D eigenvalue weighted by molar-refractivity contribution is 6.32. The Bertz CT molecular complexity index is 871. The number of hydrogen-bond donors (Lipinski definition) is 0. The van der Waals surface area contributed by atoms with Crippen LogP contribution in [0.25, 0.3) is 0 Å². The van der Waals surface area contributed by atoms with E-state index in [0.717, 1.165) is 24.8 Å². The number of carbonyl (C=O) groups is 2. The zero-order valence-corrected chi connectivity index (χ0v) is 18.1. The van der Waals surface area contributed by atoms with Crippen molar-refractivity contribution in [2.24, 2.45) is 0 Å². The van der Waals surface area contributed by atoms with E-state index < -0.39 is 12.1 Å². The first-order chi connectivity index (χ1) is 13.8. The molecule has 156 valence electrons. The second-order valence-electron chi connectivity index (χ2n) is 7.82. The average molecular weight is 418 g/mol. The Kier molecular flexibility index (Phi) is 6.63. The van der Waals surface area contributed by atoms with Gasteiger partial charge in [-0.2, -0.15) is 5.10 Å². The van der Waals surface area contributed by atoms with E-state index in [1.54, 1.807) is 18.5 Å². The van der Waals surface area contributed by atoms with E-state index in [1.807, 2.05) is 49.1 Å². The van der Waals surface area contributed by atoms with Crippen molar-refractivity contribution < 1.29 is 14.3 Å². The standard InChI is InChI=1S/C22H28ClN3O3/c1-14-9-8-10-15(2)26(14)21(27)17(4)29-22(28)19-16(3)24-25(20(19)23)13-18-11-6-5-7-12-18/h5-7,11-12,14-15,17H,8-10,13H2,1-4H3/t14-,15-,17+/m0/s1. The first kappa shape index (κ1) is 21.4. The molecule has 1 amide bonds. The fraction of sp³-hybridized carbons (Fsp3) is 0.500. The molecule has 2 aromatic rings. The molecule has 0 aliphatic carbocycles. The molecule has 0 unspecified atom stereocenters. The second-order valence-corrected chi connectivity index (χ2v) is 8.17. The summed E-state index contributed by atoms with van der Waals surface area (Å²) in [4.78, 5) is 27.5. The predicted molar refractivity (Wildman–Crippen MR) is 112 cm³/mol. The van der Waals surface area contributed by atoms with Crippen LogP contribution >= 0.6 is 11.6 Å². The highest BCUT2D eigenvalue weighted by Crippen LogP contribution is 2.25. The Labute approximate surface area is 176 Å². The van der Waals surface area contributed by atoms with Gasteiger partial charge in [-0.05, 0) is 52.5 Å². The van der Waals surface area contributed by atoms with Crippen LogP contribution in [0.3, 0.4) is 0 Å². The Balaban J connectivity index is 1.72. The number of amides is 1. The number of likely N-dealkylation sites (tertiary alicyclic amines) is 1. The van der Waals surface area contributed by atoms with Gasteiger partial charge >= 0.3 is 5.97 Å². The maximum absolute atomic E-state index is 12.9. The van der Waals surface area contributed by atoms with Crippen molar-refractivity contribution in [1.82, 2.24) is 14.7 Å². The first-order valence-electron chi connectivity index (χ1n) is 10.1. The number of aromatic nitrogens is 2. The number of benzene rings is 1. The summed E-state index contributed by atoms with van der Waals surface area (Å²) in [6.07, 6.45) is 2.16. The fourth-order valence-corrected chi connectivity index (χ4v) is 4.29. The van der Waals surface area contributed by atoms with Gasteiger partial charge in [0.15, 0.2) is 6.10 Å². The van der Waals surface area contributed by atoms with E-state index in [2.05, 4.69) is 5.10 Å². The molecule has 3 rings (SSSR count). The largest absolute Gasteiger partial charge is 0.449 e. The summed E-state index contributed by atoms with van der Waals surface area (Å²) >= 11 is 6.44. The SMILES string of the molecule is Cc1nn(Cc2ccccc2)c(Cl)c1C(=O)O[C@H](C)C(=O)N1[C@@H](C)CCC[C@@H]1C. The van der Waals surface area contributed by atoms with E-state index in [0.29, 0.717) is 12.2 Å². The molecule has 1 saturated heterocycles. The first-order valence-corrected chi connectivity index (χ1v) is 10.5. The molecule has 0 saturated carbocycles. The van der Waals surface area contributed by atoms with E-state index in [1.165, 1.54) is 0 Å². The minimum atomic E-state index is -0.876. The number of carbonyl (C=O) groups excluding carboxylic acids is 2. The summed E-state index contributed by atoms with van der Waals surface area (Å²) in [6.45, 7) is 7.86. The maximum Gasteiger partial charge on any atom is 0.343 e. The van der Waals surface area contributed by atoms with Crippen molar-refractivity contribution >= 4 is 23.5 Å². The summed E-state index contributed by atoms with van der Waals surface area (Å²) in [7, 11) is 0. The van der Waals surface area contributed by atoms with Crippen LogP contribution in [-0.4, -0.2) is 44.7 Å². The third kappa shape index (κ3) is 4.64. The molecule has 3 atom stereocenters. The van der Waals surface area contributed by atoms with Gasteiger partial charge in [0.25, 0.3) is 5.91 Å². The van der Waals surface area contributed by atoms with Crippen LogP contribution in [0.2, 0.25) is 5.15 Å². The predicted octanol–water partition coefficient (Wildman–Crippen LogP) is 4.23. The zero-order valence-electron chi connectivity index (χ0n) is 17.4. The molecule has 0 bridgehead atoms. The van der Waals surface area contributed by atoms with E-state index in [4.69, 9.17) is 16.3 Å². The van der Waals surface area contributed by atoms with E-state index >= 15 is 0 Å². The van der Waals surface area contributed by atoms with Gasteiger partial charge in [-0.1, -0.05) is 41.9 Å². The van der Waals surface area contributed by atoms with Crippen LogP contribution < -0.4 is 0 Å². The molecule has 6 nitrogen and oxygen atoms in total. The molecule has 0 spiro atoms. The van der Waals surface area contributed by atoms with Crippen molar-refractivity contribution in [3.63, 3.8) is 0 Å². The number of aryl methyl sites for hydroxylation is 1. The Hall–Kier alpha value is -2.34. The lowest BCUT2D eigenvalue weighted by atomic mass is 9.97. The molecule has 29 heavy (non-hydrogen) atoms. The highest BCUT2D eigenvalue weighted by Gasteiger charge is 2.34. The molecular formula is C22H28ClN3O3. The number of rotatable bonds is 5. The van der Waals surface area contributed by atoms with Crippen molar-refractivity contribution in [2.45, 2.75) is 71.7 Å². The average Bonchev–Trinajstić information content (AvgIpc) is 2.95. The van der Waals surface area contributed by atoms with Crippen LogP contribution in [0.4, 0.5) is 0 Å². The second kappa shape index (κ2) is 8.99. The van der Waals surface area contributed by atoms with Crippen molar-refractivity contribution in [3.05, 3.63) is 52.3 Å². The molecule has 2 heterocycles. The van der Waals surface area contributed by atoms with Gasteiger partial charge in [-0.25, -0.2) is 9.48 Å². The van der Waals surface area contributed by atoms with Crippen LogP contribution in [0.5, 0.6) is 0 Å². The molecule has 1 aromatic heterocycles. The minimum Gasteiger partial charge on any atom is -0.449 e. The van der Waals surface area contributed by atoms with Crippen molar-refractivity contribution in [3.8, 4) is 0 Å². The fourth-order valence-electron chi connectivity index (χ4n) is 3.98. The summed E-state index contributed by atoms with van der Waals surface area (Å²) in [5.74, 6) is -0.784. The molecule has 1 aliphatic heterocycles. The topological polar surface area (TPSA) is 64.4 Å². The Morgan fingerprint density at radius 3 is 2.45 bits per heavy atom. The van der Waals surface area contributed by atoms with Crippen LogP contribution in [0, 0.1) is 6.92 Å². The van der Waals surface area contributed by atoms with Gasteiger partial charge in [0.1, 0.15) is 10.7 Å². The van der Waals surface area contributed by atoms with Gasteiger partial charge in [0.05, 0.1) is 12.2 Å². The maximum atomic E-state index is 12.9. The van der Waals surface area contributed by atoms with E-state index in [-0.39, 0.29) is 28.7 Å². The normalized spacial score (nSPS) is 20.4. The van der Waals surface area contributed by atoms with Gasteiger partial charge in [-0.15, -0.1) is 0 Å². The minimum absolute atomic E-state index is 0.145. The number of ether oxygens (including phenoxy) is 1. The van der Waals surface area contributed by atoms with Gasteiger partial charge in [0.2, 0.25) is 0 Å². The quantitative estimate of drug-likeness (QED) is 0.683. The molecule has 1 aromatic carbocycles. The van der Waals surface area contributed by atoms with Crippen LogP contribution in [0.1, 0.15) is 61.6 Å². The summed E-state index contributed by atoms with van der Waals surface area (Å²) < 4.78 is 7.08. The zero-order chi connectivity index (χ0) is 21.1. The lowest BCUT2D eigenvalue weighted by molar-refractivity contribution is -0.146. The van der Waals surface area contributed by atoms with Gasteiger partial charge in [0, 0.05) is 12.1 Å². The summed E-state index contributed by atoms with van der Waals surface area (Å²) in [5.41, 5.74) is 1.71. The molecule has 0 N–H and O–H groups in total. The number of esters is 1. The van der Waals surface area contributed by atoms with E-state index in [9.17, 15) is 9.59 Å². The molecule has 7 heteroatoms. The van der Waals surface area contributed by atoms with Crippen molar-refractivity contribution in [1.29, 1.82) is 0 Å². The van der Waals surface area contributed by atoms with Gasteiger partial charge in [-0.3, -0.25) is 4.79 Å². The van der Waals surface area contributed by atoms with Crippen molar-refractivity contribution in [2.75, 3.05) is 0 Å². The van der Waals surface area contributed by atoms with Gasteiger partial charge < -0.3 is 9.64 Å². The number of piperidine rings is 1. The molecular weight excluding hydrogens is 390 g/mol. The monoisotopic (exact) mass is 417 g/mol. The summed E-state index contributed by atoms with van der Waals surface area (Å²) in [5, 5.41) is 4.60. The number of nitrogens with zero attached hydrogens (tertiary/aromatic N) is 3. The Morgan fingerprint density at radius 2 is 1.83 bits per heavy atom. The smallest absolute Gasteiger partial charge is 0.343 e. The lowest BCUT2D eigenvalue weighted by Gasteiger charge is -2.40. The number of halogens is 1. The van der Waals surface area contributed by atoms with Crippen LogP contribution in [0.15, 0.2) is 30.3 Å². The summed E-state index contributed by atoms with van der Waals surface area (Å²) in [6, 6.07) is 10.0. The molecule has 1 aliphatic rings. The third-order valence-corrected chi connectivity index (χ3v) is 5.91. The lowest BCUT2D eigenvalue weighted by Crippen LogP contribution is -2.51. The third-order valence-electron chi connectivity index (χ3n) is 5.52. The number of hydrogen-bond acceptors (Lipinski definition) is 4. The highest BCUT2D eigenvalue weighted by atomic mass is 35.5. The molecule has 0 radical (unpaired) electrons. The molecule has 1 fully saturated rings.